The van der Waals surface area contributed by atoms with Crippen LogP contribution in [0.4, 0.5) is 0 Å². The summed E-state index contributed by atoms with van der Waals surface area (Å²) in [6.45, 7) is 0. The lowest BCUT2D eigenvalue weighted by molar-refractivity contribution is 0.325. The van der Waals surface area contributed by atoms with Gasteiger partial charge in [0.15, 0.2) is 17.2 Å². The Labute approximate surface area is 214 Å². The summed E-state index contributed by atoms with van der Waals surface area (Å²) in [6.07, 6.45) is 0.687. The van der Waals surface area contributed by atoms with Gasteiger partial charge in [0.2, 0.25) is 21.2 Å². The van der Waals surface area contributed by atoms with Crippen molar-refractivity contribution in [1.82, 2.24) is 4.72 Å². The van der Waals surface area contributed by atoms with Gasteiger partial charge in [-0.15, -0.1) is 0 Å². The topological polar surface area (TPSA) is 100 Å². The van der Waals surface area contributed by atoms with Crippen molar-refractivity contribution in [2.75, 3.05) is 28.4 Å². The predicted octanol–water partition coefficient (Wildman–Crippen LogP) is 4.37. The molecule has 0 heterocycles. The maximum absolute atomic E-state index is 13.3. The van der Waals surface area contributed by atoms with Gasteiger partial charge in [-0.3, -0.25) is 4.79 Å². The largest absolute Gasteiger partial charge is 0.493 e. The van der Waals surface area contributed by atoms with Crippen molar-refractivity contribution in [3.05, 3.63) is 74.9 Å². The molecule has 0 bridgehead atoms. The maximum atomic E-state index is 13.3. The predicted molar refractivity (Wildman–Crippen MR) is 137 cm³/mol. The number of fused-ring (bicyclic) bond motifs is 3. The van der Waals surface area contributed by atoms with E-state index in [1.807, 2.05) is 0 Å². The van der Waals surface area contributed by atoms with Crippen LogP contribution in [0.25, 0.3) is 11.1 Å². The van der Waals surface area contributed by atoms with Crippen LogP contribution in [0.1, 0.15) is 23.6 Å². The second-order valence-electron chi connectivity index (χ2n) is 8.07. The third kappa shape index (κ3) is 4.50. The second kappa shape index (κ2) is 10.4. The van der Waals surface area contributed by atoms with Crippen LogP contribution >= 0.6 is 11.6 Å². The SMILES string of the molecule is COc1c(Cl)c2c(c(OC)c1OC)-c1ccc(OC)c(=O)cc1[C@@H](NS(=O)(=O)c1ccccc1)CC2. The molecule has 1 aliphatic rings. The van der Waals surface area contributed by atoms with Crippen molar-refractivity contribution in [3.63, 3.8) is 0 Å². The summed E-state index contributed by atoms with van der Waals surface area (Å²) < 4.78 is 51.4. The van der Waals surface area contributed by atoms with Gasteiger partial charge in [-0.1, -0.05) is 35.9 Å². The smallest absolute Gasteiger partial charge is 0.241 e. The first-order valence-corrected chi connectivity index (χ1v) is 12.9. The van der Waals surface area contributed by atoms with E-state index in [1.165, 1.54) is 46.6 Å². The summed E-state index contributed by atoms with van der Waals surface area (Å²) in [7, 11) is 1.94. The van der Waals surface area contributed by atoms with Crippen LogP contribution < -0.4 is 29.1 Å². The molecule has 1 atom stereocenters. The number of methoxy groups -OCH3 is 4. The van der Waals surface area contributed by atoms with Crippen molar-refractivity contribution in [2.45, 2.75) is 23.8 Å². The molecule has 0 radical (unpaired) electrons. The highest BCUT2D eigenvalue weighted by atomic mass is 35.5. The molecule has 8 nitrogen and oxygen atoms in total. The molecular weight excluding hydrogens is 506 g/mol. The van der Waals surface area contributed by atoms with Crippen molar-refractivity contribution in [3.8, 4) is 34.1 Å². The molecule has 0 unspecified atom stereocenters. The fourth-order valence-electron chi connectivity index (χ4n) is 4.52. The first kappa shape index (κ1) is 25.8. The highest BCUT2D eigenvalue weighted by Gasteiger charge is 2.33. The van der Waals surface area contributed by atoms with E-state index in [1.54, 1.807) is 30.3 Å². The summed E-state index contributed by atoms with van der Waals surface area (Å²) >= 11 is 6.79. The van der Waals surface area contributed by atoms with E-state index in [9.17, 15) is 13.2 Å². The fraction of sp³-hybridized carbons (Fsp3) is 0.269. The minimum absolute atomic E-state index is 0.111. The quantitative estimate of drug-likeness (QED) is 0.483. The first-order chi connectivity index (χ1) is 17.3. The number of ether oxygens (including phenoxy) is 4. The number of hydrogen-bond acceptors (Lipinski definition) is 7. The summed E-state index contributed by atoms with van der Waals surface area (Å²) in [5.41, 5.74) is 1.91. The number of sulfonamides is 1. The molecule has 4 rings (SSSR count). The van der Waals surface area contributed by atoms with Crippen LogP contribution in [-0.2, 0) is 16.4 Å². The van der Waals surface area contributed by atoms with Crippen LogP contribution in [0.3, 0.4) is 0 Å². The Morgan fingerprint density at radius 2 is 1.56 bits per heavy atom. The number of nitrogens with one attached hydrogen (secondary N) is 1. The normalized spacial score (nSPS) is 14.8. The fourth-order valence-corrected chi connectivity index (χ4v) is 6.14. The van der Waals surface area contributed by atoms with Crippen LogP contribution in [0.2, 0.25) is 5.02 Å². The van der Waals surface area contributed by atoms with Crippen molar-refractivity contribution in [2.24, 2.45) is 0 Å². The van der Waals surface area contributed by atoms with Crippen molar-refractivity contribution < 1.29 is 27.4 Å². The molecule has 0 saturated heterocycles. The Balaban J connectivity index is 2.03. The van der Waals surface area contributed by atoms with E-state index in [2.05, 4.69) is 4.72 Å². The van der Waals surface area contributed by atoms with Crippen molar-refractivity contribution in [1.29, 1.82) is 0 Å². The summed E-state index contributed by atoms with van der Waals surface area (Å²) in [6, 6.07) is 11.9. The van der Waals surface area contributed by atoms with Crippen LogP contribution in [0, 0.1) is 0 Å². The maximum Gasteiger partial charge on any atom is 0.241 e. The third-order valence-electron chi connectivity index (χ3n) is 6.16. The average molecular weight is 532 g/mol. The lowest BCUT2D eigenvalue weighted by Crippen LogP contribution is -2.29. The summed E-state index contributed by atoms with van der Waals surface area (Å²) in [5, 5.41) is 0.323. The first-order valence-electron chi connectivity index (χ1n) is 11.1. The van der Waals surface area contributed by atoms with Crippen LogP contribution in [-0.4, -0.2) is 36.9 Å². The zero-order valence-corrected chi connectivity index (χ0v) is 21.8. The molecule has 10 heteroatoms. The highest BCUT2D eigenvalue weighted by molar-refractivity contribution is 7.89. The second-order valence-corrected chi connectivity index (χ2v) is 10.2. The molecule has 0 aliphatic heterocycles. The zero-order chi connectivity index (χ0) is 26.0. The third-order valence-corrected chi connectivity index (χ3v) is 8.05. The molecule has 0 spiro atoms. The summed E-state index contributed by atoms with van der Waals surface area (Å²) in [5.74, 6) is 1.07. The van der Waals surface area contributed by atoms with Gasteiger partial charge in [-0.2, -0.15) is 0 Å². The van der Waals surface area contributed by atoms with E-state index in [0.717, 1.165) is 0 Å². The van der Waals surface area contributed by atoms with E-state index < -0.39 is 21.5 Å². The number of halogens is 1. The number of rotatable bonds is 7. The minimum atomic E-state index is -3.91. The molecule has 0 aromatic heterocycles. The van der Waals surface area contributed by atoms with Gasteiger partial charge in [0.1, 0.15) is 0 Å². The van der Waals surface area contributed by atoms with Crippen LogP contribution in [0.5, 0.6) is 23.0 Å². The molecule has 1 aliphatic carbocycles. The van der Waals surface area contributed by atoms with Gasteiger partial charge in [0.05, 0.1) is 38.4 Å². The van der Waals surface area contributed by atoms with Gasteiger partial charge in [-0.25, -0.2) is 13.1 Å². The van der Waals surface area contributed by atoms with E-state index >= 15 is 0 Å². The molecule has 3 aromatic carbocycles. The molecular formula is C26H26ClNO7S. The molecule has 1 N–H and O–H groups in total. The van der Waals surface area contributed by atoms with Gasteiger partial charge < -0.3 is 18.9 Å². The molecule has 0 fully saturated rings. The Bertz CT molecular complexity index is 1460. The Morgan fingerprint density at radius 1 is 0.889 bits per heavy atom. The number of benzene rings is 2. The molecule has 36 heavy (non-hydrogen) atoms. The van der Waals surface area contributed by atoms with Crippen LogP contribution in [0.15, 0.2) is 58.2 Å². The highest BCUT2D eigenvalue weighted by Crippen LogP contribution is 2.54. The molecule has 3 aromatic rings. The number of hydrogen-bond donors (Lipinski definition) is 1. The van der Waals surface area contributed by atoms with E-state index in [-0.39, 0.29) is 10.6 Å². The lowest BCUT2D eigenvalue weighted by atomic mass is 9.95. The standard InChI is InChI=1S/C26H26ClNO7S/c1-32-21-13-11-16-18(14-20(21)29)19(28-36(30,31)15-8-6-5-7-9-15)12-10-17-22(16)24(33-2)26(35-4)25(34-3)23(17)27/h5-9,11,13-14,19,28H,10,12H2,1-4H3/t19-/m0/s1. The minimum Gasteiger partial charge on any atom is -0.493 e. The Hall–Kier alpha value is -3.27. The monoisotopic (exact) mass is 531 g/mol. The van der Waals surface area contributed by atoms with Gasteiger partial charge >= 0.3 is 0 Å². The molecule has 0 saturated carbocycles. The average Bonchev–Trinajstić information content (AvgIpc) is 3.13. The summed E-state index contributed by atoms with van der Waals surface area (Å²) in [4.78, 5) is 13.1. The van der Waals surface area contributed by atoms with E-state index in [4.69, 9.17) is 30.5 Å². The lowest BCUT2D eigenvalue weighted by Gasteiger charge is -2.21. The van der Waals surface area contributed by atoms with Gasteiger partial charge in [0.25, 0.3) is 0 Å². The van der Waals surface area contributed by atoms with Gasteiger partial charge in [-0.05, 0) is 53.8 Å². The van der Waals surface area contributed by atoms with Crippen molar-refractivity contribution >= 4 is 21.6 Å². The van der Waals surface area contributed by atoms with Gasteiger partial charge in [0, 0.05) is 11.6 Å². The van der Waals surface area contributed by atoms with E-state index in [0.29, 0.717) is 57.4 Å². The molecule has 190 valence electrons. The molecule has 0 amide bonds. The zero-order valence-electron chi connectivity index (χ0n) is 20.3. The Morgan fingerprint density at radius 3 is 2.17 bits per heavy atom. The Kier molecular flexibility index (Phi) is 7.44.